The fourth-order valence-electron chi connectivity index (χ4n) is 5.28. The second kappa shape index (κ2) is 14.6. The van der Waals surface area contributed by atoms with Crippen LogP contribution in [0.2, 0.25) is 0 Å². The third kappa shape index (κ3) is 6.95. The maximum absolute atomic E-state index is 14.3. The summed E-state index contributed by atoms with van der Waals surface area (Å²) in [5, 5.41) is 11.1. The number of aromatic nitrogens is 1. The normalized spacial score (nSPS) is 14.3. The summed E-state index contributed by atoms with van der Waals surface area (Å²) >= 11 is 1.17. The number of methoxy groups -OCH3 is 2. The molecule has 0 radical (unpaired) electrons. The van der Waals surface area contributed by atoms with Crippen LogP contribution in [0.3, 0.4) is 0 Å². The fraction of sp³-hybridized carbons (Fsp3) is 0.286. The van der Waals surface area contributed by atoms with Crippen molar-refractivity contribution in [2.75, 3.05) is 20.8 Å². The number of nitro benzene ring substituents is 1. The number of hydrogen-bond donors (Lipinski definition) is 0. The molecular weight excluding hydrogens is 638 g/mol. The highest BCUT2D eigenvalue weighted by atomic mass is 32.1. The number of rotatable bonds is 12. The summed E-state index contributed by atoms with van der Waals surface area (Å²) in [5.74, 6) is 1.23. The van der Waals surface area contributed by atoms with Gasteiger partial charge in [-0.1, -0.05) is 29.5 Å². The summed E-state index contributed by atoms with van der Waals surface area (Å²) < 4.78 is 30.5. The molecule has 0 spiro atoms. The second-order valence-corrected chi connectivity index (χ2v) is 12.0. The minimum Gasteiger partial charge on any atom is -0.493 e. The van der Waals surface area contributed by atoms with Crippen molar-refractivity contribution in [3.63, 3.8) is 0 Å². The van der Waals surface area contributed by atoms with Crippen molar-refractivity contribution >= 4 is 29.1 Å². The number of nitrogens with zero attached hydrogens (tertiary/aromatic N) is 3. The van der Waals surface area contributed by atoms with Crippen molar-refractivity contribution in [2.45, 2.75) is 46.4 Å². The van der Waals surface area contributed by atoms with E-state index in [2.05, 4.69) is 4.99 Å². The Morgan fingerprint density at radius 1 is 1.06 bits per heavy atom. The number of non-ortho nitro benzene ring substituents is 1. The van der Waals surface area contributed by atoms with Crippen molar-refractivity contribution in [3.05, 3.63) is 118 Å². The summed E-state index contributed by atoms with van der Waals surface area (Å²) in [4.78, 5) is 43.3. The highest BCUT2D eigenvalue weighted by Gasteiger charge is 2.34. The molecule has 1 atom stereocenters. The van der Waals surface area contributed by atoms with E-state index < -0.39 is 16.9 Å². The molecule has 4 aromatic rings. The molecule has 0 aliphatic carbocycles. The van der Waals surface area contributed by atoms with E-state index in [-0.39, 0.29) is 36.1 Å². The third-order valence-electron chi connectivity index (χ3n) is 7.43. The molecule has 0 bridgehead atoms. The van der Waals surface area contributed by atoms with Gasteiger partial charge >= 0.3 is 5.97 Å². The summed E-state index contributed by atoms with van der Waals surface area (Å²) in [6.07, 6.45) is 1.59. The first-order valence-electron chi connectivity index (χ1n) is 15.1. The van der Waals surface area contributed by atoms with Crippen LogP contribution in [0.1, 0.15) is 50.4 Å². The average Bonchev–Trinajstić information content (AvgIpc) is 3.37. The SMILES string of the molecule is CCOC(=O)C1=C(C)N=c2s/c(=C/c3cccc(OC)c3OCc3ccc([N+](=O)[O-])cc3)c(=O)n2[C@@H]1c1ccc(OC(C)C)c(OC)c1. The average molecular weight is 674 g/mol. The van der Waals surface area contributed by atoms with Crippen LogP contribution in [0.5, 0.6) is 23.0 Å². The van der Waals surface area contributed by atoms with E-state index in [0.29, 0.717) is 54.7 Å². The van der Waals surface area contributed by atoms with Gasteiger partial charge in [0.2, 0.25) is 0 Å². The number of hydrogen-bond acceptors (Lipinski definition) is 11. The Morgan fingerprint density at radius 3 is 2.44 bits per heavy atom. The van der Waals surface area contributed by atoms with Crippen LogP contribution in [0.25, 0.3) is 6.08 Å². The Morgan fingerprint density at radius 2 is 1.79 bits per heavy atom. The molecule has 0 amide bonds. The molecule has 48 heavy (non-hydrogen) atoms. The highest BCUT2D eigenvalue weighted by Crippen LogP contribution is 2.37. The molecule has 1 aliphatic rings. The number of para-hydroxylation sites is 1. The first-order chi connectivity index (χ1) is 23.1. The molecule has 0 saturated heterocycles. The zero-order chi connectivity index (χ0) is 34.5. The largest absolute Gasteiger partial charge is 0.493 e. The standard InChI is InChI=1S/C35H35N3O9S/c1-7-45-34(40)30-21(4)36-35-37(31(30)23-13-16-26(47-20(2)3)28(17-23)44-6)33(39)29(48-35)18-24-9-8-10-27(43-5)32(24)46-19-22-11-14-25(15-12-22)38(41)42/h8-18,20,31H,7,19H2,1-6H3/b29-18+/t31-/m1/s1. The van der Waals surface area contributed by atoms with Gasteiger partial charge in [-0.3, -0.25) is 19.5 Å². The molecule has 2 heterocycles. The molecular formula is C35H35N3O9S. The Hall–Kier alpha value is -5.43. The molecule has 3 aromatic carbocycles. The van der Waals surface area contributed by atoms with Gasteiger partial charge < -0.3 is 23.7 Å². The van der Waals surface area contributed by atoms with Crippen LogP contribution in [0, 0.1) is 10.1 Å². The number of nitro groups is 1. The van der Waals surface area contributed by atoms with Gasteiger partial charge in [-0.05, 0) is 75.2 Å². The lowest BCUT2D eigenvalue weighted by molar-refractivity contribution is -0.384. The Balaban J connectivity index is 1.62. The van der Waals surface area contributed by atoms with Gasteiger partial charge in [0.15, 0.2) is 27.8 Å². The van der Waals surface area contributed by atoms with Crippen molar-refractivity contribution in [2.24, 2.45) is 4.99 Å². The maximum atomic E-state index is 14.3. The zero-order valence-electron chi connectivity index (χ0n) is 27.3. The summed E-state index contributed by atoms with van der Waals surface area (Å²) in [7, 11) is 3.04. The van der Waals surface area contributed by atoms with Gasteiger partial charge in [0.05, 0.1) is 53.7 Å². The van der Waals surface area contributed by atoms with Crippen LogP contribution in [-0.2, 0) is 16.1 Å². The number of carbonyl (C=O) groups is 1. The Kier molecular flexibility index (Phi) is 10.3. The van der Waals surface area contributed by atoms with Crippen LogP contribution in [-0.4, -0.2) is 42.4 Å². The topological polar surface area (TPSA) is 141 Å². The van der Waals surface area contributed by atoms with E-state index in [1.807, 2.05) is 13.8 Å². The third-order valence-corrected chi connectivity index (χ3v) is 8.41. The lowest BCUT2D eigenvalue weighted by Gasteiger charge is -2.25. The number of benzene rings is 3. The summed E-state index contributed by atoms with van der Waals surface area (Å²) in [6, 6.07) is 15.8. The van der Waals surface area contributed by atoms with Crippen LogP contribution in [0.15, 0.2) is 81.7 Å². The van der Waals surface area contributed by atoms with Crippen LogP contribution in [0.4, 0.5) is 5.69 Å². The van der Waals surface area contributed by atoms with Crippen LogP contribution < -0.4 is 33.8 Å². The Labute approximate surface area is 280 Å². The number of fused-ring (bicyclic) bond motifs is 1. The van der Waals surface area contributed by atoms with Crippen molar-refractivity contribution in [3.8, 4) is 23.0 Å². The van der Waals surface area contributed by atoms with E-state index >= 15 is 0 Å². The summed E-state index contributed by atoms with van der Waals surface area (Å²) in [6.45, 7) is 7.50. The van der Waals surface area contributed by atoms with Gasteiger partial charge in [-0.15, -0.1) is 0 Å². The number of allylic oxidation sites excluding steroid dienone is 1. The van der Waals surface area contributed by atoms with Crippen molar-refractivity contribution < 1.29 is 33.4 Å². The predicted octanol–water partition coefficient (Wildman–Crippen LogP) is 5.09. The van der Waals surface area contributed by atoms with E-state index in [1.54, 1.807) is 68.5 Å². The van der Waals surface area contributed by atoms with Gasteiger partial charge in [0.25, 0.3) is 11.2 Å². The van der Waals surface area contributed by atoms with E-state index in [1.165, 1.54) is 42.3 Å². The van der Waals surface area contributed by atoms with E-state index in [4.69, 9.17) is 23.7 Å². The van der Waals surface area contributed by atoms with Gasteiger partial charge in [-0.25, -0.2) is 9.79 Å². The number of ether oxygens (including phenoxy) is 5. The molecule has 250 valence electrons. The number of carbonyl (C=O) groups excluding carboxylic acids is 1. The molecule has 12 nitrogen and oxygen atoms in total. The lowest BCUT2D eigenvalue weighted by Crippen LogP contribution is -2.40. The number of esters is 1. The predicted molar refractivity (Wildman–Crippen MR) is 180 cm³/mol. The molecule has 0 saturated carbocycles. The minimum absolute atomic E-state index is 0.0231. The number of thiazole rings is 1. The van der Waals surface area contributed by atoms with E-state index in [0.717, 1.165) is 0 Å². The molecule has 0 N–H and O–H groups in total. The van der Waals surface area contributed by atoms with Gasteiger partial charge in [-0.2, -0.15) is 0 Å². The van der Waals surface area contributed by atoms with Crippen LogP contribution >= 0.6 is 11.3 Å². The monoisotopic (exact) mass is 673 g/mol. The smallest absolute Gasteiger partial charge is 0.338 e. The molecule has 13 heteroatoms. The second-order valence-electron chi connectivity index (χ2n) is 11.0. The molecule has 1 aliphatic heterocycles. The van der Waals surface area contributed by atoms with Gasteiger partial charge in [0.1, 0.15) is 6.61 Å². The van der Waals surface area contributed by atoms with Crippen molar-refractivity contribution in [1.82, 2.24) is 4.57 Å². The zero-order valence-corrected chi connectivity index (χ0v) is 28.2. The summed E-state index contributed by atoms with van der Waals surface area (Å²) in [5.41, 5.74) is 2.16. The quantitative estimate of drug-likeness (QED) is 0.114. The Bertz CT molecular complexity index is 2060. The molecule has 5 rings (SSSR count). The van der Waals surface area contributed by atoms with Gasteiger partial charge in [0, 0.05) is 17.7 Å². The van der Waals surface area contributed by atoms with E-state index in [9.17, 15) is 19.7 Å². The molecule has 0 unspecified atom stereocenters. The molecule has 0 fully saturated rings. The first-order valence-corrected chi connectivity index (χ1v) is 15.9. The first kappa shape index (κ1) is 33.9. The maximum Gasteiger partial charge on any atom is 0.338 e. The fourth-order valence-corrected chi connectivity index (χ4v) is 6.32. The lowest BCUT2D eigenvalue weighted by atomic mass is 9.95. The highest BCUT2D eigenvalue weighted by molar-refractivity contribution is 7.07. The molecule has 1 aromatic heterocycles. The minimum atomic E-state index is -0.854. The van der Waals surface area contributed by atoms with Crippen molar-refractivity contribution in [1.29, 1.82) is 0 Å².